The number of hydrogen-bond acceptors (Lipinski definition) is 2. The Balaban J connectivity index is 1.92. The minimum absolute atomic E-state index is 0.122. The van der Waals surface area contributed by atoms with Crippen molar-refractivity contribution in [2.45, 2.75) is 33.8 Å². The van der Waals surface area contributed by atoms with Crippen LogP contribution in [-0.2, 0) is 0 Å². The number of ether oxygens (including phenoxy) is 1. The van der Waals surface area contributed by atoms with Crippen molar-refractivity contribution in [2.24, 2.45) is 0 Å². The fourth-order valence-corrected chi connectivity index (χ4v) is 2.23. The van der Waals surface area contributed by atoms with E-state index in [2.05, 4.69) is 63.3 Å². The Kier molecular flexibility index (Phi) is 4.67. The lowest BCUT2D eigenvalue weighted by Crippen LogP contribution is -2.23. The van der Waals surface area contributed by atoms with Crippen LogP contribution in [0.3, 0.4) is 0 Å². The summed E-state index contributed by atoms with van der Waals surface area (Å²) in [7, 11) is 0. The predicted molar refractivity (Wildman–Crippen MR) is 85.7 cm³/mol. The smallest absolute Gasteiger partial charge is 0.119 e. The van der Waals surface area contributed by atoms with Gasteiger partial charge in [0.1, 0.15) is 11.9 Å². The maximum atomic E-state index is 5.91. The first-order chi connectivity index (χ1) is 9.56. The summed E-state index contributed by atoms with van der Waals surface area (Å²) in [5.41, 5.74) is 5.01. The third-order valence-corrected chi connectivity index (χ3v) is 3.41. The highest BCUT2D eigenvalue weighted by Crippen LogP contribution is 2.20. The molecular weight excluding hydrogens is 246 g/mol. The highest BCUT2D eigenvalue weighted by molar-refractivity contribution is 5.56. The molecule has 2 aromatic carbocycles. The predicted octanol–water partition coefficient (Wildman–Crippen LogP) is 4.49. The topological polar surface area (TPSA) is 21.3 Å². The molecule has 0 radical (unpaired) electrons. The average molecular weight is 269 g/mol. The van der Waals surface area contributed by atoms with Crippen molar-refractivity contribution >= 4 is 5.69 Å². The van der Waals surface area contributed by atoms with Crippen LogP contribution < -0.4 is 10.1 Å². The molecule has 0 bridgehead atoms. The molecule has 20 heavy (non-hydrogen) atoms. The normalized spacial score (nSPS) is 12.0. The van der Waals surface area contributed by atoms with Crippen LogP contribution in [0.25, 0.3) is 0 Å². The van der Waals surface area contributed by atoms with Crippen LogP contribution >= 0.6 is 0 Å². The summed E-state index contributed by atoms with van der Waals surface area (Å²) < 4.78 is 5.91. The molecule has 106 valence electrons. The van der Waals surface area contributed by atoms with E-state index in [9.17, 15) is 0 Å². The number of anilines is 1. The third-order valence-electron chi connectivity index (χ3n) is 3.41. The van der Waals surface area contributed by atoms with Gasteiger partial charge in [-0.1, -0.05) is 35.9 Å². The lowest BCUT2D eigenvalue weighted by atomic mass is 10.1. The van der Waals surface area contributed by atoms with Gasteiger partial charge in [0.15, 0.2) is 0 Å². The van der Waals surface area contributed by atoms with Gasteiger partial charge in [0, 0.05) is 5.69 Å². The molecule has 0 aliphatic carbocycles. The maximum absolute atomic E-state index is 5.91. The van der Waals surface area contributed by atoms with E-state index < -0.39 is 0 Å². The third kappa shape index (κ3) is 3.77. The van der Waals surface area contributed by atoms with E-state index in [-0.39, 0.29) is 6.10 Å². The summed E-state index contributed by atoms with van der Waals surface area (Å²) in [6, 6.07) is 14.5. The van der Waals surface area contributed by atoms with Crippen LogP contribution in [0.2, 0.25) is 0 Å². The summed E-state index contributed by atoms with van der Waals surface area (Å²) in [5.74, 6) is 0.923. The monoisotopic (exact) mass is 269 g/mol. The molecule has 1 unspecified atom stereocenters. The fraction of sp³-hybridized carbons (Fsp3) is 0.333. The molecule has 0 fully saturated rings. The van der Waals surface area contributed by atoms with Crippen LogP contribution in [0.15, 0.2) is 42.5 Å². The van der Waals surface area contributed by atoms with Crippen molar-refractivity contribution in [3.8, 4) is 5.75 Å². The lowest BCUT2D eigenvalue weighted by Gasteiger charge is -2.18. The molecule has 2 aromatic rings. The second-order valence-electron chi connectivity index (χ2n) is 5.39. The van der Waals surface area contributed by atoms with Crippen LogP contribution in [0.1, 0.15) is 23.6 Å². The first-order valence-corrected chi connectivity index (χ1v) is 7.09. The van der Waals surface area contributed by atoms with E-state index in [0.29, 0.717) is 0 Å². The number of hydrogen-bond donors (Lipinski definition) is 1. The van der Waals surface area contributed by atoms with Crippen LogP contribution in [-0.4, -0.2) is 12.6 Å². The van der Waals surface area contributed by atoms with Gasteiger partial charge in [0.25, 0.3) is 0 Å². The Bertz CT molecular complexity index is 540. The second kappa shape index (κ2) is 6.47. The minimum Gasteiger partial charge on any atom is -0.489 e. The summed E-state index contributed by atoms with van der Waals surface area (Å²) in [6.45, 7) is 9.21. The number of aryl methyl sites for hydroxylation is 3. The molecular formula is C18H23NO. The van der Waals surface area contributed by atoms with E-state index >= 15 is 0 Å². The van der Waals surface area contributed by atoms with Crippen LogP contribution in [0, 0.1) is 20.8 Å². The van der Waals surface area contributed by atoms with Gasteiger partial charge in [-0.15, -0.1) is 0 Å². The van der Waals surface area contributed by atoms with Crippen molar-refractivity contribution < 1.29 is 4.74 Å². The molecule has 0 heterocycles. The van der Waals surface area contributed by atoms with Gasteiger partial charge in [-0.05, 0) is 51.0 Å². The molecule has 0 saturated heterocycles. The molecule has 0 spiro atoms. The van der Waals surface area contributed by atoms with Gasteiger partial charge >= 0.3 is 0 Å². The highest BCUT2D eigenvalue weighted by atomic mass is 16.5. The largest absolute Gasteiger partial charge is 0.489 e. The quantitative estimate of drug-likeness (QED) is 0.863. The number of benzene rings is 2. The first kappa shape index (κ1) is 14.4. The first-order valence-electron chi connectivity index (χ1n) is 7.09. The van der Waals surface area contributed by atoms with E-state index in [1.165, 1.54) is 22.4 Å². The van der Waals surface area contributed by atoms with E-state index in [4.69, 9.17) is 4.74 Å². The van der Waals surface area contributed by atoms with Gasteiger partial charge in [0.05, 0.1) is 6.54 Å². The molecule has 0 amide bonds. The van der Waals surface area contributed by atoms with Gasteiger partial charge in [-0.25, -0.2) is 0 Å². The Morgan fingerprint density at radius 3 is 2.15 bits per heavy atom. The number of rotatable bonds is 5. The second-order valence-corrected chi connectivity index (χ2v) is 5.39. The summed E-state index contributed by atoms with van der Waals surface area (Å²) >= 11 is 0. The zero-order valence-corrected chi connectivity index (χ0v) is 12.7. The zero-order chi connectivity index (χ0) is 14.5. The molecule has 1 N–H and O–H groups in total. The average Bonchev–Trinajstić information content (AvgIpc) is 2.41. The molecule has 0 aromatic heterocycles. The SMILES string of the molecule is Cc1ccc(OC(C)CNc2c(C)cccc2C)cc1. The van der Waals surface area contributed by atoms with Crippen LogP contribution in [0.5, 0.6) is 5.75 Å². The van der Waals surface area contributed by atoms with Crippen molar-refractivity contribution in [1.29, 1.82) is 0 Å². The Morgan fingerprint density at radius 1 is 0.950 bits per heavy atom. The Hall–Kier alpha value is -1.96. The van der Waals surface area contributed by atoms with E-state index in [1.807, 2.05) is 12.1 Å². The van der Waals surface area contributed by atoms with Crippen molar-refractivity contribution in [3.05, 3.63) is 59.2 Å². The van der Waals surface area contributed by atoms with Gasteiger partial charge in [0.2, 0.25) is 0 Å². The summed E-state index contributed by atoms with van der Waals surface area (Å²) in [6.07, 6.45) is 0.122. The molecule has 2 nitrogen and oxygen atoms in total. The van der Waals surface area contributed by atoms with Gasteiger partial charge < -0.3 is 10.1 Å². The summed E-state index contributed by atoms with van der Waals surface area (Å²) in [4.78, 5) is 0. The standard InChI is InChI=1S/C18H23NO/c1-13-8-10-17(11-9-13)20-16(4)12-19-18-14(2)6-5-7-15(18)3/h5-11,16,19H,12H2,1-4H3. The fourth-order valence-electron chi connectivity index (χ4n) is 2.23. The lowest BCUT2D eigenvalue weighted by molar-refractivity contribution is 0.234. The van der Waals surface area contributed by atoms with Gasteiger partial charge in [-0.2, -0.15) is 0 Å². The van der Waals surface area contributed by atoms with E-state index in [0.717, 1.165) is 12.3 Å². The highest BCUT2D eigenvalue weighted by Gasteiger charge is 2.06. The zero-order valence-electron chi connectivity index (χ0n) is 12.7. The van der Waals surface area contributed by atoms with Crippen molar-refractivity contribution in [2.75, 3.05) is 11.9 Å². The molecule has 1 atom stereocenters. The summed E-state index contributed by atoms with van der Waals surface area (Å²) in [5, 5.41) is 3.49. The number of para-hydroxylation sites is 1. The Labute approximate surface area is 121 Å². The molecule has 2 rings (SSSR count). The molecule has 2 heteroatoms. The number of nitrogens with one attached hydrogen (secondary N) is 1. The minimum atomic E-state index is 0.122. The van der Waals surface area contributed by atoms with Crippen molar-refractivity contribution in [1.82, 2.24) is 0 Å². The van der Waals surface area contributed by atoms with Gasteiger partial charge in [-0.3, -0.25) is 0 Å². The molecule has 0 saturated carbocycles. The maximum Gasteiger partial charge on any atom is 0.119 e. The molecule has 0 aliphatic heterocycles. The molecule has 0 aliphatic rings. The Morgan fingerprint density at radius 2 is 1.55 bits per heavy atom. The van der Waals surface area contributed by atoms with E-state index in [1.54, 1.807) is 0 Å². The van der Waals surface area contributed by atoms with Crippen molar-refractivity contribution in [3.63, 3.8) is 0 Å². The van der Waals surface area contributed by atoms with Crippen LogP contribution in [0.4, 0.5) is 5.69 Å².